The summed E-state index contributed by atoms with van der Waals surface area (Å²) >= 11 is 0. The number of carbonyl (C=O) groups is 2. The molecule has 0 saturated heterocycles. The highest BCUT2D eigenvalue weighted by Crippen LogP contribution is 2.16. The van der Waals surface area contributed by atoms with E-state index in [0.717, 1.165) is 0 Å². The molecule has 0 spiro atoms. The maximum Gasteiger partial charge on any atom is 0.471 e. The van der Waals surface area contributed by atoms with Crippen molar-refractivity contribution in [1.29, 1.82) is 0 Å². The average Bonchev–Trinajstić information content (AvgIpc) is 2.50. The number of alkyl halides is 3. The highest BCUT2D eigenvalue weighted by Gasteiger charge is 2.39. The second-order valence-corrected chi connectivity index (χ2v) is 2.26. The number of amides is 1. The van der Waals surface area contributed by atoms with Crippen molar-refractivity contribution in [3.63, 3.8) is 0 Å². The number of aromatic amines is 1. The number of carbonyl (C=O) groups excluding carboxylic acids is 1. The van der Waals surface area contributed by atoms with Crippen molar-refractivity contribution in [2.75, 3.05) is 5.32 Å². The van der Waals surface area contributed by atoms with Gasteiger partial charge in [0.25, 0.3) is 0 Å². The number of rotatable bonds is 2. The molecule has 7 nitrogen and oxygen atoms in total. The third-order valence-electron chi connectivity index (χ3n) is 1.17. The number of aromatic carboxylic acids is 1. The largest absolute Gasteiger partial charge is 0.475 e. The van der Waals surface area contributed by atoms with Gasteiger partial charge in [0.1, 0.15) is 0 Å². The Morgan fingerprint density at radius 3 is 2.40 bits per heavy atom. The van der Waals surface area contributed by atoms with Crippen molar-refractivity contribution < 1.29 is 27.9 Å². The molecule has 1 heterocycles. The highest BCUT2D eigenvalue weighted by molar-refractivity contribution is 5.93. The average molecular weight is 224 g/mol. The number of H-pyrrole nitrogens is 1. The smallest absolute Gasteiger partial charge is 0.471 e. The topological polar surface area (TPSA) is 108 Å². The van der Waals surface area contributed by atoms with Crippen molar-refractivity contribution in [2.24, 2.45) is 0 Å². The van der Waals surface area contributed by atoms with E-state index in [1.165, 1.54) is 5.32 Å². The zero-order valence-corrected chi connectivity index (χ0v) is 6.79. The number of carboxylic acid groups (broad SMARTS) is 1. The Balaban J connectivity index is 2.74. The number of hydrogen-bond acceptors (Lipinski definition) is 4. The fraction of sp³-hybridized carbons (Fsp3) is 0.200. The minimum Gasteiger partial charge on any atom is -0.475 e. The summed E-state index contributed by atoms with van der Waals surface area (Å²) in [4.78, 5) is 23.6. The maximum atomic E-state index is 11.7. The van der Waals surface area contributed by atoms with Crippen LogP contribution >= 0.6 is 0 Å². The second kappa shape index (κ2) is 3.55. The van der Waals surface area contributed by atoms with E-state index in [9.17, 15) is 22.8 Å². The van der Waals surface area contributed by atoms with E-state index >= 15 is 0 Å². The SMILES string of the molecule is O=C(O)c1nc(NC(=O)C(F)(F)F)n[nH]1. The Morgan fingerprint density at radius 1 is 1.40 bits per heavy atom. The van der Waals surface area contributed by atoms with Crippen molar-refractivity contribution >= 4 is 17.8 Å². The minimum atomic E-state index is -5.08. The van der Waals surface area contributed by atoms with Crippen LogP contribution in [-0.4, -0.2) is 38.3 Å². The van der Waals surface area contributed by atoms with Crippen LogP contribution in [0.1, 0.15) is 10.6 Å². The zero-order valence-electron chi connectivity index (χ0n) is 6.79. The summed E-state index contributed by atoms with van der Waals surface area (Å²) in [5, 5.41) is 14.5. The maximum absolute atomic E-state index is 11.7. The molecule has 10 heteroatoms. The van der Waals surface area contributed by atoms with Crippen LogP contribution in [0, 0.1) is 0 Å². The standard InChI is InChI=1S/C5H3F3N4O3/c6-5(7,8)3(15)10-4-9-1(2(13)14)11-12-4/h(H,13,14)(H2,9,10,11,12,15). The van der Waals surface area contributed by atoms with Crippen LogP contribution in [-0.2, 0) is 4.79 Å². The van der Waals surface area contributed by atoms with Gasteiger partial charge in [-0.15, -0.1) is 5.10 Å². The number of nitrogens with zero attached hydrogens (tertiary/aromatic N) is 2. The molecule has 0 aliphatic heterocycles. The molecular weight excluding hydrogens is 221 g/mol. The first kappa shape index (κ1) is 10.9. The number of aromatic nitrogens is 3. The normalized spacial score (nSPS) is 11.1. The predicted octanol–water partition coefficient (Wildman–Crippen LogP) is 0.00370. The number of nitrogens with one attached hydrogen (secondary N) is 2. The summed E-state index contributed by atoms with van der Waals surface area (Å²) in [7, 11) is 0. The Morgan fingerprint density at radius 2 is 2.00 bits per heavy atom. The summed E-state index contributed by atoms with van der Waals surface area (Å²) in [6.45, 7) is 0. The Kier molecular flexibility index (Phi) is 2.59. The van der Waals surface area contributed by atoms with Crippen LogP contribution < -0.4 is 5.32 Å². The van der Waals surface area contributed by atoms with E-state index in [4.69, 9.17) is 5.11 Å². The van der Waals surface area contributed by atoms with Crippen molar-refractivity contribution in [3.8, 4) is 0 Å². The van der Waals surface area contributed by atoms with Gasteiger partial charge in [0.15, 0.2) is 0 Å². The lowest BCUT2D eigenvalue weighted by Crippen LogP contribution is -2.30. The van der Waals surface area contributed by atoms with Gasteiger partial charge in [0, 0.05) is 0 Å². The van der Waals surface area contributed by atoms with Crippen LogP contribution in [0.2, 0.25) is 0 Å². The third kappa shape index (κ3) is 2.65. The lowest BCUT2D eigenvalue weighted by Gasteiger charge is -2.03. The van der Waals surface area contributed by atoms with Crippen LogP contribution in [0.3, 0.4) is 0 Å². The number of anilines is 1. The molecule has 82 valence electrons. The molecule has 1 rings (SSSR count). The van der Waals surface area contributed by atoms with E-state index in [1.54, 1.807) is 0 Å². The molecule has 1 aromatic rings. The van der Waals surface area contributed by atoms with Crippen molar-refractivity contribution in [2.45, 2.75) is 6.18 Å². The van der Waals surface area contributed by atoms with Crippen molar-refractivity contribution in [1.82, 2.24) is 15.2 Å². The summed E-state index contributed by atoms with van der Waals surface area (Å²) in [6.07, 6.45) is -5.08. The minimum absolute atomic E-state index is 0.674. The first-order chi connectivity index (χ1) is 6.80. The fourth-order valence-corrected chi connectivity index (χ4v) is 0.586. The summed E-state index contributed by atoms with van der Waals surface area (Å²) < 4.78 is 35.1. The first-order valence-electron chi connectivity index (χ1n) is 3.34. The highest BCUT2D eigenvalue weighted by atomic mass is 19.4. The van der Waals surface area contributed by atoms with Gasteiger partial charge in [-0.25, -0.2) is 4.79 Å². The molecular formula is C5H3F3N4O3. The van der Waals surface area contributed by atoms with Gasteiger partial charge in [-0.1, -0.05) is 0 Å². The molecule has 3 N–H and O–H groups in total. The molecule has 0 aliphatic rings. The Bertz CT molecular complexity index is 398. The molecule has 0 aliphatic carbocycles. The summed E-state index contributed by atoms with van der Waals surface area (Å²) in [5.74, 6) is -5.21. The molecule has 0 fully saturated rings. The summed E-state index contributed by atoms with van der Waals surface area (Å²) in [6, 6.07) is 0. The van der Waals surface area contributed by atoms with E-state index < -0.39 is 29.8 Å². The quantitative estimate of drug-likeness (QED) is 0.655. The fourth-order valence-electron chi connectivity index (χ4n) is 0.586. The van der Waals surface area contributed by atoms with Crippen LogP contribution in [0.15, 0.2) is 0 Å². The van der Waals surface area contributed by atoms with Gasteiger partial charge in [0.2, 0.25) is 11.8 Å². The first-order valence-corrected chi connectivity index (χ1v) is 3.34. The molecule has 1 amide bonds. The number of halogens is 3. The zero-order chi connectivity index (χ0) is 11.6. The Labute approximate surface area is 79.3 Å². The monoisotopic (exact) mass is 224 g/mol. The third-order valence-corrected chi connectivity index (χ3v) is 1.17. The van der Waals surface area contributed by atoms with Gasteiger partial charge in [-0.2, -0.15) is 18.2 Å². The lowest BCUT2D eigenvalue weighted by atomic mass is 10.6. The van der Waals surface area contributed by atoms with Gasteiger partial charge >= 0.3 is 18.1 Å². The van der Waals surface area contributed by atoms with Gasteiger partial charge < -0.3 is 5.11 Å². The molecule has 0 saturated carbocycles. The van der Waals surface area contributed by atoms with Crippen molar-refractivity contribution in [3.05, 3.63) is 5.82 Å². The van der Waals surface area contributed by atoms with E-state index in [2.05, 4.69) is 10.1 Å². The van der Waals surface area contributed by atoms with Gasteiger partial charge in [-0.05, 0) is 0 Å². The number of hydrogen-bond donors (Lipinski definition) is 3. The molecule has 0 bridgehead atoms. The van der Waals surface area contributed by atoms with Crippen LogP contribution in [0.5, 0.6) is 0 Å². The molecule has 0 aromatic carbocycles. The number of carboxylic acids is 1. The molecule has 0 unspecified atom stereocenters. The molecule has 1 aromatic heterocycles. The van der Waals surface area contributed by atoms with Crippen LogP contribution in [0.25, 0.3) is 0 Å². The summed E-state index contributed by atoms with van der Waals surface area (Å²) in [5.41, 5.74) is 0. The Hall–Kier alpha value is -2.13. The van der Waals surface area contributed by atoms with Gasteiger partial charge in [-0.3, -0.25) is 15.2 Å². The lowest BCUT2D eigenvalue weighted by molar-refractivity contribution is -0.167. The van der Waals surface area contributed by atoms with E-state index in [1.807, 2.05) is 5.10 Å². The molecule has 15 heavy (non-hydrogen) atoms. The second-order valence-electron chi connectivity index (χ2n) is 2.26. The molecule has 0 radical (unpaired) electrons. The van der Waals surface area contributed by atoms with E-state index in [-0.39, 0.29) is 0 Å². The predicted molar refractivity (Wildman–Crippen MR) is 38.0 cm³/mol. The van der Waals surface area contributed by atoms with E-state index in [0.29, 0.717) is 0 Å². The van der Waals surface area contributed by atoms with Gasteiger partial charge in [0.05, 0.1) is 0 Å². The molecule has 0 atom stereocenters. The van der Waals surface area contributed by atoms with Crippen LogP contribution in [0.4, 0.5) is 19.1 Å².